The zero-order valence-corrected chi connectivity index (χ0v) is 17.5. The van der Waals surface area contributed by atoms with Gasteiger partial charge in [-0.15, -0.1) is 0 Å². The third-order valence-corrected chi connectivity index (χ3v) is 3.97. The molecule has 0 radical (unpaired) electrons. The number of methoxy groups -OCH3 is 1. The fourth-order valence-electron chi connectivity index (χ4n) is 2.39. The molecule has 0 aliphatic rings. The maximum absolute atomic E-state index is 10.1. The second kappa shape index (κ2) is 14.7. The van der Waals surface area contributed by atoms with Gasteiger partial charge in [0.05, 0.1) is 6.61 Å². The van der Waals surface area contributed by atoms with Crippen molar-refractivity contribution in [2.24, 2.45) is 0 Å². The van der Waals surface area contributed by atoms with Gasteiger partial charge in [0.1, 0.15) is 37.0 Å². The molecule has 0 bridgehead atoms. The Labute approximate surface area is 178 Å². The van der Waals surface area contributed by atoms with Gasteiger partial charge in [-0.1, -0.05) is 36.4 Å². The van der Waals surface area contributed by atoms with Crippen molar-refractivity contribution in [3.8, 4) is 11.5 Å². The summed E-state index contributed by atoms with van der Waals surface area (Å²) in [5, 5.41) is 16.3. The summed E-state index contributed by atoms with van der Waals surface area (Å²) in [6, 6.07) is 18.8. The Morgan fingerprint density at radius 1 is 0.833 bits per heavy atom. The SMILES string of the molecule is COCCN[C@H](COc1ccccc1)OO[C@@H](C)NC[C@@H](O)COc1ccccc1. The first-order valence-corrected chi connectivity index (χ1v) is 9.99. The van der Waals surface area contributed by atoms with E-state index in [-0.39, 0.29) is 13.2 Å². The van der Waals surface area contributed by atoms with E-state index < -0.39 is 18.6 Å². The first-order chi connectivity index (χ1) is 14.7. The third kappa shape index (κ3) is 10.5. The minimum Gasteiger partial charge on any atom is -0.491 e. The highest BCUT2D eigenvalue weighted by Gasteiger charge is 2.14. The van der Waals surface area contributed by atoms with E-state index in [2.05, 4.69) is 10.6 Å². The number of nitrogens with one attached hydrogen (secondary N) is 2. The van der Waals surface area contributed by atoms with Gasteiger partial charge in [-0.25, -0.2) is 9.78 Å². The summed E-state index contributed by atoms with van der Waals surface area (Å²) in [4.78, 5) is 10.9. The summed E-state index contributed by atoms with van der Waals surface area (Å²) in [6.45, 7) is 3.63. The van der Waals surface area contributed by atoms with Crippen LogP contribution in [0, 0.1) is 0 Å². The molecular formula is C22H32N2O6. The molecule has 0 heterocycles. The van der Waals surface area contributed by atoms with Crippen molar-refractivity contribution in [3.63, 3.8) is 0 Å². The van der Waals surface area contributed by atoms with Crippen LogP contribution in [0.3, 0.4) is 0 Å². The molecular weight excluding hydrogens is 388 g/mol. The summed E-state index contributed by atoms with van der Waals surface area (Å²) in [5.74, 6) is 1.46. The monoisotopic (exact) mass is 420 g/mol. The second-order valence-electron chi connectivity index (χ2n) is 6.58. The molecule has 0 saturated heterocycles. The summed E-state index contributed by atoms with van der Waals surface area (Å²) >= 11 is 0. The lowest BCUT2D eigenvalue weighted by Gasteiger charge is -2.22. The first-order valence-electron chi connectivity index (χ1n) is 9.99. The Morgan fingerprint density at radius 3 is 2.03 bits per heavy atom. The van der Waals surface area contributed by atoms with Crippen molar-refractivity contribution in [2.45, 2.75) is 25.5 Å². The van der Waals surface area contributed by atoms with Gasteiger partial charge in [-0.3, -0.25) is 10.6 Å². The quantitative estimate of drug-likeness (QED) is 0.164. The molecule has 3 N–H and O–H groups in total. The molecule has 0 unspecified atom stereocenters. The molecule has 30 heavy (non-hydrogen) atoms. The van der Waals surface area contributed by atoms with Crippen molar-refractivity contribution in [2.75, 3.05) is 40.0 Å². The van der Waals surface area contributed by atoms with E-state index in [9.17, 15) is 5.11 Å². The number of aliphatic hydroxyl groups excluding tert-OH is 1. The number of ether oxygens (including phenoxy) is 3. The van der Waals surface area contributed by atoms with E-state index in [1.165, 1.54) is 0 Å². The van der Waals surface area contributed by atoms with Crippen LogP contribution in [0.1, 0.15) is 6.92 Å². The summed E-state index contributed by atoms with van der Waals surface area (Å²) in [6.07, 6.45) is -1.62. The number of benzene rings is 2. The maximum Gasteiger partial charge on any atom is 0.178 e. The average molecular weight is 421 g/mol. The van der Waals surface area contributed by atoms with Gasteiger partial charge in [0.25, 0.3) is 0 Å². The molecule has 0 spiro atoms. The van der Waals surface area contributed by atoms with Gasteiger partial charge in [-0.05, 0) is 31.2 Å². The Morgan fingerprint density at radius 2 is 1.43 bits per heavy atom. The summed E-state index contributed by atoms with van der Waals surface area (Å²) in [7, 11) is 1.63. The lowest BCUT2D eigenvalue weighted by Crippen LogP contribution is -2.43. The lowest BCUT2D eigenvalue weighted by molar-refractivity contribution is -0.361. The van der Waals surface area contributed by atoms with Gasteiger partial charge in [0.2, 0.25) is 0 Å². The smallest absolute Gasteiger partial charge is 0.178 e. The summed E-state index contributed by atoms with van der Waals surface area (Å²) in [5.41, 5.74) is 0. The molecule has 0 saturated carbocycles. The van der Waals surface area contributed by atoms with Gasteiger partial charge < -0.3 is 19.3 Å². The van der Waals surface area contributed by atoms with Crippen LogP contribution in [0.2, 0.25) is 0 Å². The molecule has 0 fully saturated rings. The van der Waals surface area contributed by atoms with Crippen molar-refractivity contribution in [1.29, 1.82) is 0 Å². The van der Waals surface area contributed by atoms with Crippen molar-refractivity contribution in [1.82, 2.24) is 10.6 Å². The van der Waals surface area contributed by atoms with Crippen molar-refractivity contribution < 1.29 is 29.1 Å². The van der Waals surface area contributed by atoms with Crippen LogP contribution in [-0.2, 0) is 14.5 Å². The van der Waals surface area contributed by atoms with Crippen LogP contribution in [-0.4, -0.2) is 63.7 Å². The van der Waals surface area contributed by atoms with Crippen LogP contribution in [0.15, 0.2) is 60.7 Å². The molecule has 2 aromatic carbocycles. The molecule has 3 atom stereocenters. The highest BCUT2D eigenvalue weighted by atomic mass is 17.2. The van der Waals surface area contributed by atoms with Crippen LogP contribution >= 0.6 is 0 Å². The summed E-state index contributed by atoms with van der Waals surface area (Å²) < 4.78 is 16.3. The van der Waals surface area contributed by atoms with Gasteiger partial charge in [0, 0.05) is 20.2 Å². The van der Waals surface area contributed by atoms with Crippen LogP contribution < -0.4 is 20.1 Å². The predicted molar refractivity (Wildman–Crippen MR) is 113 cm³/mol. The van der Waals surface area contributed by atoms with Crippen LogP contribution in [0.5, 0.6) is 11.5 Å². The average Bonchev–Trinajstić information content (AvgIpc) is 2.79. The predicted octanol–water partition coefficient (Wildman–Crippen LogP) is 1.95. The molecule has 2 aromatic rings. The topological polar surface area (TPSA) is 90.4 Å². The Hall–Kier alpha value is -2.20. The highest BCUT2D eigenvalue weighted by molar-refractivity contribution is 5.21. The van der Waals surface area contributed by atoms with E-state index in [4.69, 9.17) is 24.0 Å². The zero-order valence-electron chi connectivity index (χ0n) is 17.5. The third-order valence-electron chi connectivity index (χ3n) is 3.97. The maximum atomic E-state index is 10.1. The number of aliphatic hydroxyl groups is 1. The molecule has 0 aliphatic heterocycles. The largest absolute Gasteiger partial charge is 0.491 e. The Bertz CT molecular complexity index is 661. The molecule has 8 heteroatoms. The normalized spacial score (nSPS) is 14.1. The van der Waals surface area contributed by atoms with Crippen molar-refractivity contribution >= 4 is 0 Å². The highest BCUT2D eigenvalue weighted by Crippen LogP contribution is 2.10. The minimum absolute atomic E-state index is 0.177. The van der Waals surface area contributed by atoms with E-state index in [1.54, 1.807) is 14.0 Å². The standard InChI is InChI=1S/C22H32N2O6/c1-18(24-15-19(25)16-27-20-9-5-3-6-10-20)29-30-22(23-13-14-26-2)17-28-21-11-7-4-8-12-21/h3-12,18-19,22-25H,13-17H2,1-2H3/t18-,19+,22-/m0/s1. The van der Waals surface area contributed by atoms with E-state index in [0.29, 0.717) is 25.4 Å². The molecule has 0 aromatic heterocycles. The van der Waals surface area contributed by atoms with E-state index in [0.717, 1.165) is 5.75 Å². The molecule has 2 rings (SSSR count). The molecule has 166 valence electrons. The van der Waals surface area contributed by atoms with Gasteiger partial charge in [-0.2, -0.15) is 0 Å². The number of para-hydroxylation sites is 2. The second-order valence-corrected chi connectivity index (χ2v) is 6.58. The zero-order chi connectivity index (χ0) is 21.4. The fourth-order valence-corrected chi connectivity index (χ4v) is 2.39. The number of rotatable bonds is 16. The number of hydrogen-bond donors (Lipinski definition) is 3. The first kappa shape index (κ1) is 24.1. The Kier molecular flexibility index (Phi) is 11.8. The van der Waals surface area contributed by atoms with Gasteiger partial charge in [0.15, 0.2) is 6.23 Å². The van der Waals surface area contributed by atoms with E-state index >= 15 is 0 Å². The molecule has 0 amide bonds. The fraction of sp³-hybridized carbons (Fsp3) is 0.455. The van der Waals surface area contributed by atoms with Crippen LogP contribution in [0.25, 0.3) is 0 Å². The van der Waals surface area contributed by atoms with E-state index in [1.807, 2.05) is 60.7 Å². The lowest BCUT2D eigenvalue weighted by atomic mass is 10.3. The van der Waals surface area contributed by atoms with Crippen molar-refractivity contribution in [3.05, 3.63) is 60.7 Å². The van der Waals surface area contributed by atoms with Gasteiger partial charge >= 0.3 is 0 Å². The Balaban J connectivity index is 1.66. The minimum atomic E-state index is -0.687. The molecule has 0 aliphatic carbocycles. The number of hydrogen-bond acceptors (Lipinski definition) is 8. The molecule has 8 nitrogen and oxygen atoms in total. The van der Waals surface area contributed by atoms with Crippen LogP contribution in [0.4, 0.5) is 0 Å².